The van der Waals surface area contributed by atoms with Crippen molar-refractivity contribution in [2.75, 3.05) is 20.8 Å². The zero-order valence-electron chi connectivity index (χ0n) is 23.3. The molecule has 5 rings (SSSR count). The SMILES string of the molecule is COc1cc2cc(CN(Cc3ccc(F)cc3)[C@@H](c3nnnn3C[C@@H]3CCCO3)C(C)C)c(=O)[nH]c2cc1OC. The maximum absolute atomic E-state index is 13.7. The molecule has 11 heteroatoms. The van der Waals surface area contributed by atoms with E-state index in [0.717, 1.165) is 30.4 Å². The van der Waals surface area contributed by atoms with Gasteiger partial charge >= 0.3 is 0 Å². The largest absolute Gasteiger partial charge is 0.493 e. The Labute approximate surface area is 232 Å². The van der Waals surface area contributed by atoms with Crippen LogP contribution in [-0.2, 0) is 24.4 Å². The standard InChI is InChI=1S/C29H35FN6O4/c1-18(2)27(28-32-33-34-36(28)17-23-6-5-11-40-23)35(15-19-7-9-22(30)10-8-19)16-21-12-20-13-25(38-3)26(39-4)14-24(20)31-29(21)37/h7-10,12-14,18,23,27H,5-6,11,15-17H2,1-4H3,(H,31,37)/t23-,27+/m0/s1. The molecule has 0 aliphatic carbocycles. The number of fused-ring (bicyclic) bond motifs is 1. The van der Waals surface area contributed by atoms with Crippen LogP contribution in [0.2, 0.25) is 0 Å². The number of aromatic amines is 1. The lowest BCUT2D eigenvalue weighted by atomic mass is 9.99. The molecule has 0 bridgehead atoms. The fourth-order valence-corrected chi connectivity index (χ4v) is 5.41. The number of hydrogen-bond acceptors (Lipinski definition) is 8. The molecule has 1 aliphatic rings. The van der Waals surface area contributed by atoms with Crippen molar-refractivity contribution in [1.82, 2.24) is 30.1 Å². The third-order valence-corrected chi connectivity index (χ3v) is 7.35. The lowest BCUT2D eigenvalue weighted by Crippen LogP contribution is -2.36. The number of aromatic nitrogens is 5. The van der Waals surface area contributed by atoms with Crippen LogP contribution in [0, 0.1) is 11.7 Å². The van der Waals surface area contributed by atoms with Crippen LogP contribution in [0.25, 0.3) is 10.9 Å². The Kier molecular flexibility index (Phi) is 8.41. The third kappa shape index (κ3) is 6.00. The lowest BCUT2D eigenvalue weighted by Gasteiger charge is -2.33. The molecule has 0 unspecified atom stereocenters. The number of pyridine rings is 1. The summed E-state index contributed by atoms with van der Waals surface area (Å²) in [6.45, 7) is 6.29. The van der Waals surface area contributed by atoms with Crippen LogP contribution >= 0.6 is 0 Å². The molecule has 2 aromatic heterocycles. The molecule has 0 spiro atoms. The van der Waals surface area contributed by atoms with Crippen LogP contribution in [0.4, 0.5) is 4.39 Å². The third-order valence-electron chi connectivity index (χ3n) is 7.35. The molecule has 1 N–H and O–H groups in total. The number of rotatable bonds is 11. The molecule has 2 atom stereocenters. The monoisotopic (exact) mass is 550 g/mol. The first-order valence-electron chi connectivity index (χ1n) is 13.5. The number of H-pyrrole nitrogens is 1. The Morgan fingerprint density at radius 2 is 1.88 bits per heavy atom. The first kappa shape index (κ1) is 27.7. The summed E-state index contributed by atoms with van der Waals surface area (Å²) in [5, 5.41) is 13.6. The highest BCUT2D eigenvalue weighted by Crippen LogP contribution is 2.33. The maximum Gasteiger partial charge on any atom is 0.252 e. The zero-order chi connectivity index (χ0) is 28.2. The Bertz CT molecular complexity index is 1500. The molecule has 1 aliphatic heterocycles. The van der Waals surface area contributed by atoms with Gasteiger partial charge in [-0.15, -0.1) is 5.10 Å². The number of nitrogens with zero attached hydrogens (tertiary/aromatic N) is 5. The van der Waals surface area contributed by atoms with Crippen LogP contribution < -0.4 is 15.0 Å². The van der Waals surface area contributed by atoms with Crippen molar-refractivity contribution in [2.45, 2.75) is 58.5 Å². The van der Waals surface area contributed by atoms with Crippen molar-refractivity contribution in [3.63, 3.8) is 0 Å². The number of hydrogen-bond donors (Lipinski definition) is 1. The van der Waals surface area contributed by atoms with E-state index >= 15 is 0 Å². The fraction of sp³-hybridized carbons (Fsp3) is 0.448. The number of nitrogens with one attached hydrogen (secondary N) is 1. The summed E-state index contributed by atoms with van der Waals surface area (Å²) in [5.74, 6) is 1.61. The van der Waals surface area contributed by atoms with Gasteiger partial charge in [0.25, 0.3) is 5.56 Å². The highest BCUT2D eigenvalue weighted by atomic mass is 19.1. The quantitative estimate of drug-likeness (QED) is 0.295. The molecule has 0 saturated carbocycles. The predicted octanol–water partition coefficient (Wildman–Crippen LogP) is 4.25. The molecular formula is C29H35FN6O4. The van der Waals surface area contributed by atoms with Gasteiger partial charge in [-0.1, -0.05) is 26.0 Å². The van der Waals surface area contributed by atoms with Crippen molar-refractivity contribution in [3.8, 4) is 11.5 Å². The normalized spacial score (nSPS) is 16.2. The summed E-state index contributed by atoms with van der Waals surface area (Å²) in [4.78, 5) is 18.5. The van der Waals surface area contributed by atoms with Crippen LogP contribution in [-0.4, -0.2) is 57.0 Å². The van der Waals surface area contributed by atoms with Gasteiger partial charge < -0.3 is 19.2 Å². The van der Waals surface area contributed by atoms with Crippen LogP contribution in [0.1, 0.15) is 49.7 Å². The molecule has 4 aromatic rings. The van der Waals surface area contributed by atoms with E-state index in [1.807, 2.05) is 16.8 Å². The highest BCUT2D eigenvalue weighted by molar-refractivity contribution is 5.83. The van der Waals surface area contributed by atoms with Crippen LogP contribution in [0.15, 0.2) is 47.3 Å². The zero-order valence-corrected chi connectivity index (χ0v) is 23.3. The molecule has 3 heterocycles. The molecule has 0 amide bonds. The van der Waals surface area contributed by atoms with Crippen molar-refractivity contribution in [2.24, 2.45) is 5.92 Å². The summed E-state index contributed by atoms with van der Waals surface area (Å²) in [5.41, 5.74) is 1.93. The molecule has 0 radical (unpaired) electrons. The number of benzene rings is 2. The summed E-state index contributed by atoms with van der Waals surface area (Å²) in [6, 6.07) is 11.7. The first-order valence-corrected chi connectivity index (χ1v) is 13.5. The van der Waals surface area contributed by atoms with Gasteiger partial charge in [-0.3, -0.25) is 9.69 Å². The Hall–Kier alpha value is -3.83. The molecule has 1 saturated heterocycles. The number of halogens is 1. The molecule has 10 nitrogen and oxygen atoms in total. The Morgan fingerprint density at radius 1 is 1.12 bits per heavy atom. The van der Waals surface area contributed by atoms with Crippen molar-refractivity contribution in [1.29, 1.82) is 0 Å². The van der Waals surface area contributed by atoms with E-state index in [2.05, 4.69) is 39.3 Å². The smallest absolute Gasteiger partial charge is 0.252 e. The predicted molar refractivity (Wildman–Crippen MR) is 148 cm³/mol. The summed E-state index contributed by atoms with van der Waals surface area (Å²) in [7, 11) is 3.14. The van der Waals surface area contributed by atoms with Gasteiger partial charge in [-0.05, 0) is 59.0 Å². The number of tetrazole rings is 1. The van der Waals surface area contributed by atoms with Gasteiger partial charge in [-0.25, -0.2) is 9.07 Å². The van der Waals surface area contributed by atoms with E-state index in [1.165, 1.54) is 12.1 Å². The van der Waals surface area contributed by atoms with Crippen molar-refractivity contribution >= 4 is 10.9 Å². The van der Waals surface area contributed by atoms with E-state index in [1.54, 1.807) is 32.4 Å². The van der Waals surface area contributed by atoms with Crippen molar-refractivity contribution < 1.29 is 18.6 Å². The highest BCUT2D eigenvalue weighted by Gasteiger charge is 2.31. The molecule has 212 valence electrons. The molecular weight excluding hydrogens is 515 g/mol. The summed E-state index contributed by atoms with van der Waals surface area (Å²) >= 11 is 0. The van der Waals surface area contributed by atoms with Gasteiger partial charge in [0.05, 0.1) is 38.4 Å². The lowest BCUT2D eigenvalue weighted by molar-refractivity contribution is 0.0851. The summed E-state index contributed by atoms with van der Waals surface area (Å²) < 4.78 is 32.3. The molecule has 2 aromatic carbocycles. The molecule has 40 heavy (non-hydrogen) atoms. The minimum Gasteiger partial charge on any atom is -0.493 e. The van der Waals surface area contributed by atoms with Crippen LogP contribution in [0.3, 0.4) is 0 Å². The van der Waals surface area contributed by atoms with Gasteiger partial charge in [0, 0.05) is 36.7 Å². The fourth-order valence-electron chi connectivity index (χ4n) is 5.41. The van der Waals surface area contributed by atoms with Crippen molar-refractivity contribution in [3.05, 3.63) is 75.6 Å². The number of methoxy groups -OCH3 is 2. The average molecular weight is 551 g/mol. The molecule has 1 fully saturated rings. The second kappa shape index (κ2) is 12.1. The van der Waals surface area contributed by atoms with E-state index in [0.29, 0.717) is 48.0 Å². The minimum absolute atomic E-state index is 0.0657. The topological polar surface area (TPSA) is 107 Å². The van der Waals surface area contributed by atoms with E-state index < -0.39 is 0 Å². The van der Waals surface area contributed by atoms with Crippen LogP contribution in [0.5, 0.6) is 11.5 Å². The first-order chi connectivity index (χ1) is 19.4. The van der Waals surface area contributed by atoms with Gasteiger partial charge in [0.1, 0.15) is 5.82 Å². The average Bonchev–Trinajstić information content (AvgIpc) is 3.62. The maximum atomic E-state index is 13.7. The number of ether oxygens (including phenoxy) is 3. The Balaban J connectivity index is 1.54. The van der Waals surface area contributed by atoms with Gasteiger partial charge in [0.15, 0.2) is 17.3 Å². The second-order valence-corrected chi connectivity index (χ2v) is 10.5. The second-order valence-electron chi connectivity index (χ2n) is 10.5. The van der Waals surface area contributed by atoms with E-state index in [9.17, 15) is 9.18 Å². The Morgan fingerprint density at radius 3 is 2.55 bits per heavy atom. The van der Waals surface area contributed by atoms with E-state index in [-0.39, 0.29) is 29.4 Å². The summed E-state index contributed by atoms with van der Waals surface area (Å²) in [6.07, 6.45) is 2.05. The minimum atomic E-state index is -0.299. The van der Waals surface area contributed by atoms with Gasteiger partial charge in [-0.2, -0.15) is 0 Å². The van der Waals surface area contributed by atoms with E-state index in [4.69, 9.17) is 14.2 Å². The van der Waals surface area contributed by atoms with Gasteiger partial charge in [0.2, 0.25) is 0 Å².